The van der Waals surface area contributed by atoms with E-state index >= 15 is 0 Å². The maximum absolute atomic E-state index is 12.8. The van der Waals surface area contributed by atoms with E-state index < -0.39 is 6.04 Å². The molecule has 2 amide bonds. The Morgan fingerprint density at radius 2 is 2.00 bits per heavy atom. The summed E-state index contributed by atoms with van der Waals surface area (Å²) in [5, 5.41) is 3.25. The number of carbonyl (C=O) groups excluding carboxylic acids is 2. The van der Waals surface area contributed by atoms with Crippen molar-refractivity contribution in [2.75, 3.05) is 32.7 Å². The number of carbonyl (C=O) groups is 2. The smallest absolute Gasteiger partial charge is 0.289 e. The molecular weight excluding hydrogens is 310 g/mol. The van der Waals surface area contributed by atoms with E-state index in [1.54, 1.807) is 28.3 Å². The van der Waals surface area contributed by atoms with Crippen molar-refractivity contribution < 1.29 is 14.0 Å². The van der Waals surface area contributed by atoms with Gasteiger partial charge in [-0.05, 0) is 12.1 Å². The van der Waals surface area contributed by atoms with E-state index in [-0.39, 0.29) is 11.8 Å². The highest BCUT2D eigenvalue weighted by molar-refractivity contribution is 5.91. The highest BCUT2D eigenvalue weighted by Crippen LogP contribution is 2.22. The van der Waals surface area contributed by atoms with Gasteiger partial charge in [0.25, 0.3) is 5.91 Å². The van der Waals surface area contributed by atoms with Crippen LogP contribution in [-0.4, -0.2) is 64.3 Å². The first-order valence-electron chi connectivity index (χ1n) is 8.11. The second-order valence-corrected chi connectivity index (χ2v) is 6.00. The summed E-state index contributed by atoms with van der Waals surface area (Å²) in [4.78, 5) is 36.0. The van der Waals surface area contributed by atoms with Gasteiger partial charge in [0.2, 0.25) is 5.91 Å². The van der Waals surface area contributed by atoms with Gasteiger partial charge >= 0.3 is 0 Å². The second-order valence-electron chi connectivity index (χ2n) is 6.00. The van der Waals surface area contributed by atoms with Crippen molar-refractivity contribution >= 4 is 11.8 Å². The van der Waals surface area contributed by atoms with Crippen molar-refractivity contribution in [1.82, 2.24) is 25.1 Å². The van der Waals surface area contributed by atoms with E-state index in [0.717, 1.165) is 24.4 Å². The first-order valence-corrected chi connectivity index (χ1v) is 8.11. The Kier molecular flexibility index (Phi) is 3.81. The Balaban J connectivity index is 1.40. The quantitative estimate of drug-likeness (QED) is 0.819. The van der Waals surface area contributed by atoms with Gasteiger partial charge < -0.3 is 24.5 Å². The van der Waals surface area contributed by atoms with Gasteiger partial charge in [-0.25, -0.2) is 4.98 Å². The molecule has 4 heterocycles. The van der Waals surface area contributed by atoms with Gasteiger partial charge in [-0.1, -0.05) is 0 Å². The maximum Gasteiger partial charge on any atom is 0.289 e. The normalized spacial score (nSPS) is 20.8. The van der Waals surface area contributed by atoms with Crippen molar-refractivity contribution in [3.63, 3.8) is 0 Å². The third kappa shape index (κ3) is 2.58. The summed E-state index contributed by atoms with van der Waals surface area (Å²) in [5.74, 6) is 0.232. The average molecular weight is 329 g/mol. The zero-order chi connectivity index (χ0) is 16.5. The van der Waals surface area contributed by atoms with Crippen LogP contribution in [0.2, 0.25) is 0 Å². The molecule has 1 unspecified atom stereocenters. The van der Waals surface area contributed by atoms with Crippen LogP contribution in [0.25, 0.3) is 0 Å². The number of piperazine rings is 1. The van der Waals surface area contributed by atoms with Crippen molar-refractivity contribution in [3.05, 3.63) is 41.9 Å². The zero-order valence-electron chi connectivity index (χ0n) is 13.2. The van der Waals surface area contributed by atoms with Crippen molar-refractivity contribution in [2.24, 2.45) is 0 Å². The molecule has 0 radical (unpaired) electrons. The highest BCUT2D eigenvalue weighted by Gasteiger charge is 2.34. The molecule has 1 fully saturated rings. The van der Waals surface area contributed by atoms with Crippen LogP contribution >= 0.6 is 0 Å². The molecule has 4 rings (SSSR count). The van der Waals surface area contributed by atoms with Crippen molar-refractivity contribution in [1.29, 1.82) is 0 Å². The summed E-state index contributed by atoms with van der Waals surface area (Å²) in [7, 11) is 0. The summed E-state index contributed by atoms with van der Waals surface area (Å²) in [5.41, 5.74) is 1.82. The zero-order valence-corrected chi connectivity index (χ0v) is 13.2. The lowest BCUT2D eigenvalue weighted by Crippen LogP contribution is -2.53. The average Bonchev–Trinajstić information content (AvgIpc) is 3.31. The molecule has 8 nitrogen and oxygen atoms in total. The third-order valence-electron chi connectivity index (χ3n) is 4.61. The monoisotopic (exact) mass is 329 g/mol. The molecule has 0 saturated carbocycles. The van der Waals surface area contributed by atoms with Crippen LogP contribution in [0.1, 0.15) is 28.0 Å². The van der Waals surface area contributed by atoms with Gasteiger partial charge in [-0.15, -0.1) is 0 Å². The SMILES string of the molecule is O=C(c1ccco1)N1CCN(C(=O)C2NCCc3[nH]cnc32)CC1. The molecule has 8 heteroatoms. The molecular formula is C16H19N5O3. The Hall–Kier alpha value is -2.61. The molecule has 0 bridgehead atoms. The fraction of sp³-hybridized carbons (Fsp3) is 0.438. The van der Waals surface area contributed by atoms with E-state index in [2.05, 4.69) is 15.3 Å². The van der Waals surface area contributed by atoms with Gasteiger partial charge in [0, 0.05) is 44.8 Å². The molecule has 2 aliphatic heterocycles. The Morgan fingerprint density at radius 1 is 1.21 bits per heavy atom. The van der Waals surface area contributed by atoms with Gasteiger partial charge in [0.1, 0.15) is 6.04 Å². The van der Waals surface area contributed by atoms with Crippen LogP contribution in [0.15, 0.2) is 29.1 Å². The lowest BCUT2D eigenvalue weighted by atomic mass is 10.0. The minimum atomic E-state index is -0.396. The minimum Gasteiger partial charge on any atom is -0.459 e. The molecule has 2 aromatic heterocycles. The molecule has 2 aliphatic rings. The van der Waals surface area contributed by atoms with Gasteiger partial charge in [-0.3, -0.25) is 9.59 Å². The van der Waals surface area contributed by atoms with E-state index in [0.29, 0.717) is 31.9 Å². The van der Waals surface area contributed by atoms with Crippen LogP contribution in [0.3, 0.4) is 0 Å². The number of furan rings is 1. The molecule has 1 saturated heterocycles. The highest BCUT2D eigenvalue weighted by atomic mass is 16.3. The van der Waals surface area contributed by atoms with Gasteiger partial charge in [0.15, 0.2) is 5.76 Å². The van der Waals surface area contributed by atoms with Crippen molar-refractivity contribution in [3.8, 4) is 0 Å². The number of hydrogen-bond donors (Lipinski definition) is 2. The van der Waals surface area contributed by atoms with E-state index in [1.165, 1.54) is 6.26 Å². The number of nitrogens with one attached hydrogen (secondary N) is 2. The Bertz CT molecular complexity index is 731. The molecule has 1 atom stereocenters. The topological polar surface area (TPSA) is 94.5 Å². The van der Waals surface area contributed by atoms with Crippen LogP contribution in [0.4, 0.5) is 0 Å². The number of rotatable bonds is 2. The molecule has 2 aromatic rings. The summed E-state index contributed by atoms with van der Waals surface area (Å²) in [6, 6.07) is 2.96. The maximum atomic E-state index is 12.8. The molecule has 0 aliphatic carbocycles. The minimum absolute atomic E-state index is 0.0214. The first kappa shape index (κ1) is 14.9. The van der Waals surface area contributed by atoms with Gasteiger partial charge in [-0.2, -0.15) is 0 Å². The molecule has 0 spiro atoms. The number of fused-ring (bicyclic) bond motifs is 1. The van der Waals surface area contributed by atoms with Gasteiger partial charge in [0.05, 0.1) is 18.3 Å². The van der Waals surface area contributed by atoms with Crippen LogP contribution in [0, 0.1) is 0 Å². The summed E-state index contributed by atoms with van der Waals surface area (Å²) in [6.07, 6.45) is 3.98. The van der Waals surface area contributed by atoms with Crippen LogP contribution in [-0.2, 0) is 11.2 Å². The number of amides is 2. The number of aromatic nitrogens is 2. The number of nitrogens with zero attached hydrogens (tertiary/aromatic N) is 3. The second kappa shape index (κ2) is 6.12. The van der Waals surface area contributed by atoms with Crippen LogP contribution < -0.4 is 5.32 Å². The van der Waals surface area contributed by atoms with Crippen LogP contribution in [0.5, 0.6) is 0 Å². The largest absolute Gasteiger partial charge is 0.459 e. The lowest BCUT2D eigenvalue weighted by Gasteiger charge is -2.36. The number of aromatic amines is 1. The number of H-pyrrole nitrogens is 1. The fourth-order valence-electron chi connectivity index (χ4n) is 3.29. The first-order chi connectivity index (χ1) is 11.7. The molecule has 0 aromatic carbocycles. The summed E-state index contributed by atoms with van der Waals surface area (Å²) >= 11 is 0. The van der Waals surface area contributed by atoms with E-state index in [4.69, 9.17) is 4.42 Å². The number of imidazole rings is 1. The fourth-order valence-corrected chi connectivity index (χ4v) is 3.29. The summed E-state index contributed by atoms with van der Waals surface area (Å²) in [6.45, 7) is 2.80. The van der Waals surface area contributed by atoms with E-state index in [1.807, 2.05) is 0 Å². The Morgan fingerprint density at radius 3 is 2.75 bits per heavy atom. The molecule has 24 heavy (non-hydrogen) atoms. The van der Waals surface area contributed by atoms with Crippen molar-refractivity contribution in [2.45, 2.75) is 12.5 Å². The predicted octanol–water partition coefficient (Wildman–Crippen LogP) is 0.174. The third-order valence-corrected chi connectivity index (χ3v) is 4.61. The molecule has 2 N–H and O–H groups in total. The lowest BCUT2D eigenvalue weighted by molar-refractivity contribution is -0.135. The number of hydrogen-bond acceptors (Lipinski definition) is 5. The standard InChI is InChI=1S/C16H19N5O3/c22-15(12-2-1-9-24-12)20-5-7-21(8-6-20)16(23)14-13-11(3-4-17-14)18-10-19-13/h1-2,9-10,14,17H,3-8H2,(H,18,19). The van der Waals surface area contributed by atoms with E-state index in [9.17, 15) is 9.59 Å². The Labute approximate surface area is 138 Å². The summed E-state index contributed by atoms with van der Waals surface area (Å²) < 4.78 is 5.15. The predicted molar refractivity (Wildman–Crippen MR) is 84.2 cm³/mol. The molecule has 126 valence electrons.